The summed E-state index contributed by atoms with van der Waals surface area (Å²) in [6, 6.07) is 0. The molecule has 1 amide bonds. The van der Waals surface area contributed by atoms with Crippen LogP contribution in [0.4, 0.5) is 0 Å². The van der Waals surface area contributed by atoms with Crippen LogP contribution in [0.5, 0.6) is 0 Å². The minimum atomic E-state index is -4.29. The smallest absolute Gasteiger partial charge is 0.338 e. The van der Waals surface area contributed by atoms with E-state index in [2.05, 4.69) is 18.8 Å². The number of hydrogen-bond donors (Lipinski definition) is 3. The van der Waals surface area contributed by atoms with Gasteiger partial charge in [0.15, 0.2) is 0 Å². The molecule has 6 heteroatoms. The zero-order valence-corrected chi connectivity index (χ0v) is 11.4. The summed E-state index contributed by atoms with van der Waals surface area (Å²) in [4.78, 5) is 29.6. The Kier molecular flexibility index (Phi) is 7.35. The van der Waals surface area contributed by atoms with Gasteiger partial charge in [0.25, 0.3) is 0 Å². The second-order valence-corrected chi connectivity index (χ2v) is 6.01. The van der Waals surface area contributed by atoms with Gasteiger partial charge in [-0.25, -0.2) is 0 Å². The topological polar surface area (TPSA) is 86.6 Å². The van der Waals surface area contributed by atoms with Gasteiger partial charge in [-0.15, -0.1) is 0 Å². The van der Waals surface area contributed by atoms with Crippen LogP contribution in [-0.4, -0.2) is 21.5 Å². The van der Waals surface area contributed by atoms with Crippen molar-refractivity contribution >= 4 is 13.5 Å². The van der Waals surface area contributed by atoms with Crippen LogP contribution in [-0.2, 0) is 9.36 Å². The molecule has 0 rings (SSSR count). The normalized spacial score (nSPS) is 13.2. The standard InChI is InChI=1S/C11H22NO4P/c1-4-5-6-7-8-10(17(14,15)16)12-11(13)9(2)3/h10H,2,4-8H2,1,3H3,(H,12,13)(H2,14,15,16). The second kappa shape index (κ2) is 7.64. The fourth-order valence-electron chi connectivity index (χ4n) is 1.36. The third-order valence-corrected chi connectivity index (χ3v) is 3.62. The van der Waals surface area contributed by atoms with Crippen LogP contribution >= 0.6 is 7.60 Å². The monoisotopic (exact) mass is 263 g/mol. The summed E-state index contributed by atoms with van der Waals surface area (Å²) in [5.74, 6) is -1.60. The summed E-state index contributed by atoms with van der Waals surface area (Å²) in [6.07, 6.45) is 3.99. The molecule has 0 aromatic rings. The summed E-state index contributed by atoms with van der Waals surface area (Å²) in [5.41, 5.74) is 0.247. The Morgan fingerprint density at radius 1 is 1.35 bits per heavy atom. The fraction of sp³-hybridized carbons (Fsp3) is 0.727. The number of rotatable bonds is 8. The molecule has 0 aliphatic heterocycles. The lowest BCUT2D eigenvalue weighted by Crippen LogP contribution is -2.35. The molecule has 0 radical (unpaired) electrons. The molecule has 17 heavy (non-hydrogen) atoms. The van der Waals surface area contributed by atoms with Crippen molar-refractivity contribution in [3.63, 3.8) is 0 Å². The molecule has 0 aromatic heterocycles. The van der Waals surface area contributed by atoms with E-state index in [-0.39, 0.29) is 5.57 Å². The minimum Gasteiger partial charge on any atom is -0.338 e. The van der Waals surface area contributed by atoms with Crippen LogP contribution in [0.1, 0.15) is 46.0 Å². The summed E-state index contributed by atoms with van der Waals surface area (Å²) in [6.45, 7) is 7.00. The highest BCUT2D eigenvalue weighted by atomic mass is 31.2. The average molecular weight is 263 g/mol. The van der Waals surface area contributed by atoms with Crippen molar-refractivity contribution in [2.75, 3.05) is 0 Å². The minimum absolute atomic E-state index is 0.247. The van der Waals surface area contributed by atoms with Crippen LogP contribution in [0.25, 0.3) is 0 Å². The quantitative estimate of drug-likeness (QED) is 0.356. The third-order valence-electron chi connectivity index (χ3n) is 2.42. The van der Waals surface area contributed by atoms with Gasteiger partial charge in [0.05, 0.1) is 0 Å². The van der Waals surface area contributed by atoms with Crippen molar-refractivity contribution < 1.29 is 19.1 Å². The number of carbonyl (C=O) groups excluding carboxylic acids is 1. The molecule has 3 N–H and O–H groups in total. The molecule has 0 spiro atoms. The van der Waals surface area contributed by atoms with Crippen molar-refractivity contribution in [3.8, 4) is 0 Å². The summed E-state index contributed by atoms with van der Waals surface area (Å²) in [5, 5.41) is 2.33. The van der Waals surface area contributed by atoms with E-state index in [0.717, 1.165) is 19.3 Å². The van der Waals surface area contributed by atoms with E-state index < -0.39 is 19.3 Å². The molecule has 100 valence electrons. The van der Waals surface area contributed by atoms with E-state index >= 15 is 0 Å². The first-order chi connectivity index (χ1) is 7.79. The molecule has 0 saturated heterocycles. The lowest BCUT2D eigenvalue weighted by Gasteiger charge is -2.19. The Morgan fingerprint density at radius 3 is 2.35 bits per heavy atom. The Labute approximate surface area is 102 Å². The number of unbranched alkanes of at least 4 members (excludes halogenated alkanes) is 3. The highest BCUT2D eigenvalue weighted by molar-refractivity contribution is 7.52. The number of hydrogen-bond acceptors (Lipinski definition) is 2. The predicted molar refractivity (Wildman–Crippen MR) is 67.5 cm³/mol. The molecule has 0 aromatic carbocycles. The zero-order valence-electron chi connectivity index (χ0n) is 10.5. The van der Waals surface area contributed by atoms with Crippen molar-refractivity contribution in [1.29, 1.82) is 0 Å². The molecule has 0 heterocycles. The lowest BCUT2D eigenvalue weighted by atomic mass is 10.1. The molecular weight excluding hydrogens is 241 g/mol. The van der Waals surface area contributed by atoms with Gasteiger partial charge in [0.2, 0.25) is 5.91 Å². The fourth-order valence-corrected chi connectivity index (χ4v) is 2.17. The Bertz CT molecular complexity index is 311. The molecule has 1 unspecified atom stereocenters. The molecule has 1 atom stereocenters. The van der Waals surface area contributed by atoms with Gasteiger partial charge in [-0.3, -0.25) is 9.36 Å². The Balaban J connectivity index is 4.31. The summed E-state index contributed by atoms with van der Waals surface area (Å²) >= 11 is 0. The van der Waals surface area contributed by atoms with Crippen LogP contribution < -0.4 is 5.32 Å². The molecule has 0 saturated carbocycles. The van der Waals surface area contributed by atoms with E-state index in [1.807, 2.05) is 0 Å². The highest BCUT2D eigenvalue weighted by Crippen LogP contribution is 2.42. The van der Waals surface area contributed by atoms with Gasteiger partial charge < -0.3 is 15.1 Å². The second-order valence-electron chi connectivity index (χ2n) is 4.21. The van der Waals surface area contributed by atoms with Crippen LogP contribution in [0.2, 0.25) is 0 Å². The molecule has 0 fully saturated rings. The summed E-state index contributed by atoms with van der Waals surface area (Å²) < 4.78 is 11.2. The first-order valence-corrected chi connectivity index (χ1v) is 7.48. The number of nitrogens with one attached hydrogen (secondary N) is 1. The van der Waals surface area contributed by atoms with Crippen LogP contribution in [0.3, 0.4) is 0 Å². The maximum absolute atomic E-state index is 11.3. The van der Waals surface area contributed by atoms with E-state index in [1.54, 1.807) is 0 Å². The van der Waals surface area contributed by atoms with Crippen LogP contribution in [0, 0.1) is 0 Å². The lowest BCUT2D eigenvalue weighted by molar-refractivity contribution is -0.117. The van der Waals surface area contributed by atoms with Gasteiger partial charge in [-0.05, 0) is 13.3 Å². The van der Waals surface area contributed by atoms with Gasteiger partial charge in [0, 0.05) is 5.57 Å². The Morgan fingerprint density at radius 2 is 1.94 bits per heavy atom. The molecular formula is C11H22NO4P. The molecule has 0 aliphatic carbocycles. The molecule has 5 nitrogen and oxygen atoms in total. The highest BCUT2D eigenvalue weighted by Gasteiger charge is 2.29. The largest absolute Gasteiger partial charge is 0.347 e. The van der Waals surface area contributed by atoms with Crippen molar-refractivity contribution in [2.45, 2.75) is 51.7 Å². The van der Waals surface area contributed by atoms with Crippen molar-refractivity contribution in [2.24, 2.45) is 0 Å². The van der Waals surface area contributed by atoms with Crippen molar-refractivity contribution in [3.05, 3.63) is 12.2 Å². The number of amides is 1. The zero-order chi connectivity index (χ0) is 13.5. The number of carbonyl (C=O) groups is 1. The van der Waals surface area contributed by atoms with E-state index in [4.69, 9.17) is 9.79 Å². The predicted octanol–water partition coefficient (Wildman–Crippen LogP) is 2.15. The van der Waals surface area contributed by atoms with Gasteiger partial charge in [-0.1, -0.05) is 39.2 Å². The maximum Gasteiger partial charge on any atom is 0.347 e. The summed E-state index contributed by atoms with van der Waals surface area (Å²) in [7, 11) is -4.29. The first kappa shape index (κ1) is 16.4. The molecule has 0 aliphatic rings. The third kappa shape index (κ3) is 7.31. The van der Waals surface area contributed by atoms with Crippen molar-refractivity contribution in [1.82, 2.24) is 5.32 Å². The first-order valence-electron chi connectivity index (χ1n) is 5.80. The maximum atomic E-state index is 11.3. The van der Waals surface area contributed by atoms with Crippen LogP contribution in [0.15, 0.2) is 12.2 Å². The van der Waals surface area contributed by atoms with Gasteiger partial charge in [-0.2, -0.15) is 0 Å². The average Bonchev–Trinajstić information content (AvgIpc) is 2.20. The van der Waals surface area contributed by atoms with Gasteiger partial charge >= 0.3 is 7.60 Å². The van der Waals surface area contributed by atoms with E-state index in [9.17, 15) is 9.36 Å². The molecule has 0 bridgehead atoms. The SMILES string of the molecule is C=C(C)C(=O)NC(CCCCCC)P(=O)(O)O. The van der Waals surface area contributed by atoms with E-state index in [1.165, 1.54) is 6.92 Å². The Hall–Kier alpha value is -0.640. The van der Waals surface area contributed by atoms with E-state index in [0.29, 0.717) is 12.8 Å². The van der Waals surface area contributed by atoms with Gasteiger partial charge in [0.1, 0.15) is 5.78 Å².